The molecule has 1 amide bonds. The Bertz CT molecular complexity index is 1450. The number of nitrogens with one attached hydrogen (secondary N) is 1. The average molecular weight is 658 g/mol. The van der Waals surface area contributed by atoms with Crippen LogP contribution >= 0.6 is 0 Å². The Kier molecular flexibility index (Phi) is 13.1. The molecule has 7 nitrogen and oxygen atoms in total. The Labute approximate surface area is 276 Å². The fourth-order valence-electron chi connectivity index (χ4n) is 6.77. The van der Waals surface area contributed by atoms with E-state index in [9.17, 15) is 22.8 Å². The molecule has 0 spiro atoms. The van der Waals surface area contributed by atoms with Gasteiger partial charge in [0, 0.05) is 61.7 Å². The molecule has 3 aliphatic rings. The number of Topliss-reactive ketones (excluding diaryl/α,β-unsaturated/α-hetero) is 1. The topological polar surface area (TPSA) is 71.1 Å². The number of ketones is 1. The molecule has 1 saturated carbocycles. The summed E-state index contributed by atoms with van der Waals surface area (Å²) in [5.41, 5.74) is 2.70. The number of alkyl halides is 3. The number of morpholine rings is 1. The standard InChI is InChI=1S/C37H50F3N3O4/c1-25(2)43(24-31-22-34(28(5)20-27(31)4)36(45)41-14-15-42-16-18-46-19-17-42)23-29-8-6-11-33(26(3)12-13-29)35(44)30-9-7-10-32(21-30)47-37(38,39)40/h7,9,20-22,24,26,29,32-33H,1,4,6,8,10-19,23H2,2-3,5H3,(H,41,45). The summed E-state index contributed by atoms with van der Waals surface area (Å²) in [5, 5.41) is 4.76. The Balaban J connectivity index is 1.39. The van der Waals surface area contributed by atoms with E-state index in [4.69, 9.17) is 4.74 Å². The van der Waals surface area contributed by atoms with Crippen LogP contribution in [0, 0.1) is 24.7 Å². The van der Waals surface area contributed by atoms with Crippen molar-refractivity contribution in [3.8, 4) is 0 Å². The largest absolute Gasteiger partial charge is 0.523 e. The van der Waals surface area contributed by atoms with Gasteiger partial charge in [-0.1, -0.05) is 44.7 Å². The van der Waals surface area contributed by atoms with E-state index in [1.54, 1.807) is 12.2 Å². The number of aryl methyl sites for hydroxylation is 1. The van der Waals surface area contributed by atoms with E-state index in [2.05, 4.69) is 39.9 Å². The van der Waals surface area contributed by atoms with Crippen molar-refractivity contribution in [3.05, 3.63) is 69.8 Å². The lowest BCUT2D eigenvalue weighted by atomic mass is 9.75. The second-order valence-corrected chi connectivity index (χ2v) is 13.3. The zero-order valence-corrected chi connectivity index (χ0v) is 28.0. The van der Waals surface area contributed by atoms with Crippen molar-refractivity contribution in [3.63, 3.8) is 0 Å². The van der Waals surface area contributed by atoms with Gasteiger partial charge in [-0.3, -0.25) is 19.2 Å². The first-order valence-electron chi connectivity index (χ1n) is 16.8. The summed E-state index contributed by atoms with van der Waals surface area (Å²) < 4.78 is 47.9. The number of benzene rings is 1. The summed E-state index contributed by atoms with van der Waals surface area (Å²) in [7, 11) is 0. The van der Waals surface area contributed by atoms with Gasteiger partial charge in [0.2, 0.25) is 0 Å². The number of hydrogen-bond acceptors (Lipinski definition) is 6. The zero-order valence-electron chi connectivity index (χ0n) is 28.0. The molecule has 2 fully saturated rings. The summed E-state index contributed by atoms with van der Waals surface area (Å²) in [4.78, 5) is 31.0. The van der Waals surface area contributed by atoms with Gasteiger partial charge >= 0.3 is 6.36 Å². The molecule has 0 radical (unpaired) electrons. The summed E-state index contributed by atoms with van der Waals surface area (Å²) in [6, 6.07) is 3.86. The molecule has 10 heteroatoms. The molecule has 258 valence electrons. The lowest BCUT2D eigenvalue weighted by Gasteiger charge is -2.32. The molecule has 1 N–H and O–H groups in total. The molecule has 4 rings (SSSR count). The van der Waals surface area contributed by atoms with Gasteiger partial charge in [0.15, 0.2) is 5.78 Å². The van der Waals surface area contributed by atoms with E-state index in [0.29, 0.717) is 30.0 Å². The summed E-state index contributed by atoms with van der Waals surface area (Å²) in [6.45, 7) is 19.7. The number of allylic oxidation sites excluding steroid dienone is 3. The quantitative estimate of drug-likeness (QED) is 0.352. The number of halogens is 3. The van der Waals surface area contributed by atoms with Crippen LogP contribution in [0.3, 0.4) is 0 Å². The van der Waals surface area contributed by atoms with Gasteiger partial charge in [-0.2, -0.15) is 0 Å². The number of ether oxygens (including phenoxy) is 2. The second-order valence-electron chi connectivity index (χ2n) is 13.3. The van der Waals surface area contributed by atoms with Crippen molar-refractivity contribution < 1.29 is 32.2 Å². The minimum Gasteiger partial charge on any atom is -0.379 e. The molecular formula is C37H50F3N3O4. The van der Waals surface area contributed by atoms with Crippen molar-refractivity contribution >= 4 is 24.5 Å². The van der Waals surface area contributed by atoms with E-state index in [0.717, 1.165) is 86.8 Å². The normalized spacial score (nSPS) is 24.6. The number of amides is 1. The van der Waals surface area contributed by atoms with E-state index >= 15 is 0 Å². The highest BCUT2D eigenvalue weighted by Crippen LogP contribution is 2.34. The monoisotopic (exact) mass is 657 g/mol. The Hall–Kier alpha value is -3.21. The van der Waals surface area contributed by atoms with Gasteiger partial charge in [-0.25, -0.2) is 0 Å². The van der Waals surface area contributed by atoms with Crippen molar-refractivity contribution in [2.75, 3.05) is 45.9 Å². The van der Waals surface area contributed by atoms with Gasteiger partial charge in [0.05, 0.1) is 19.3 Å². The van der Waals surface area contributed by atoms with Gasteiger partial charge in [-0.15, -0.1) is 13.2 Å². The minimum absolute atomic E-state index is 0.0937. The second kappa shape index (κ2) is 16.8. The van der Waals surface area contributed by atoms with Crippen molar-refractivity contribution in [2.24, 2.45) is 17.8 Å². The first-order valence-corrected chi connectivity index (χ1v) is 16.8. The van der Waals surface area contributed by atoms with Crippen LogP contribution in [0.5, 0.6) is 0 Å². The van der Waals surface area contributed by atoms with Crippen LogP contribution < -0.4 is 15.8 Å². The number of carbonyl (C=O) groups excluding carboxylic acids is 2. The molecule has 1 heterocycles. The first-order chi connectivity index (χ1) is 22.3. The molecule has 0 bridgehead atoms. The maximum Gasteiger partial charge on any atom is 0.523 e. The van der Waals surface area contributed by atoms with Gasteiger partial charge < -0.3 is 15.0 Å². The third-order valence-corrected chi connectivity index (χ3v) is 9.57. The number of carbonyl (C=O) groups is 2. The Morgan fingerprint density at radius 2 is 1.91 bits per heavy atom. The molecule has 1 aromatic rings. The number of rotatable bonds is 11. The predicted octanol–water partition coefficient (Wildman–Crippen LogP) is 5.23. The number of nitrogens with zero attached hydrogens (tertiary/aromatic N) is 2. The Morgan fingerprint density at radius 3 is 2.62 bits per heavy atom. The van der Waals surface area contributed by atoms with Crippen LogP contribution in [0.4, 0.5) is 13.2 Å². The average Bonchev–Trinajstić information content (AvgIpc) is 3.00. The molecule has 1 aromatic carbocycles. The smallest absolute Gasteiger partial charge is 0.379 e. The lowest BCUT2D eigenvalue weighted by molar-refractivity contribution is -0.336. The van der Waals surface area contributed by atoms with E-state index in [1.807, 2.05) is 32.2 Å². The molecule has 0 aromatic heterocycles. The van der Waals surface area contributed by atoms with Crippen molar-refractivity contribution in [1.82, 2.24) is 15.1 Å². The van der Waals surface area contributed by atoms with E-state index < -0.39 is 12.5 Å². The maximum atomic E-state index is 13.4. The third kappa shape index (κ3) is 10.9. The molecule has 1 saturated heterocycles. The first kappa shape index (κ1) is 36.6. The molecule has 2 aliphatic carbocycles. The molecular weight excluding hydrogens is 607 g/mol. The van der Waals surface area contributed by atoms with Crippen LogP contribution in [0.1, 0.15) is 68.3 Å². The maximum absolute atomic E-state index is 13.4. The lowest BCUT2D eigenvalue weighted by Crippen LogP contribution is -2.41. The summed E-state index contributed by atoms with van der Waals surface area (Å²) >= 11 is 0. The van der Waals surface area contributed by atoms with Crippen LogP contribution in [0.2, 0.25) is 0 Å². The third-order valence-electron chi connectivity index (χ3n) is 9.57. The SMILES string of the molecule is C=C(C)N(C=c1cc(C(=O)NCCN2CCOCC2)c(C)cc1=C)CC1CCCC(C(=O)C2=CC(OC(F)(F)F)CC=C2)C(C)CC1. The molecule has 4 unspecified atom stereocenters. The fourth-order valence-corrected chi connectivity index (χ4v) is 6.77. The van der Waals surface area contributed by atoms with Crippen LogP contribution in [0.15, 0.2) is 48.2 Å². The predicted molar refractivity (Wildman–Crippen MR) is 179 cm³/mol. The zero-order chi connectivity index (χ0) is 34.1. The molecule has 47 heavy (non-hydrogen) atoms. The summed E-state index contributed by atoms with van der Waals surface area (Å²) in [6.07, 6.45) is 4.97. The minimum atomic E-state index is -4.74. The van der Waals surface area contributed by atoms with Gasteiger partial charge in [0.25, 0.3) is 5.91 Å². The highest BCUT2D eigenvalue weighted by Gasteiger charge is 2.35. The molecule has 1 aliphatic heterocycles. The molecule has 4 atom stereocenters. The van der Waals surface area contributed by atoms with Crippen LogP contribution in [-0.4, -0.2) is 79.9 Å². The van der Waals surface area contributed by atoms with Crippen LogP contribution in [0.25, 0.3) is 12.8 Å². The highest BCUT2D eigenvalue weighted by molar-refractivity contribution is 6.00. The van der Waals surface area contributed by atoms with Gasteiger partial charge in [0.1, 0.15) is 0 Å². The fraction of sp³-hybridized carbons (Fsp3) is 0.568. The van der Waals surface area contributed by atoms with Crippen molar-refractivity contribution in [2.45, 2.75) is 71.8 Å². The van der Waals surface area contributed by atoms with Crippen molar-refractivity contribution in [1.29, 1.82) is 0 Å². The Morgan fingerprint density at radius 1 is 1.17 bits per heavy atom. The summed E-state index contributed by atoms with van der Waals surface area (Å²) in [5.74, 6) is 0.0243. The van der Waals surface area contributed by atoms with E-state index in [1.165, 1.54) is 6.08 Å². The highest BCUT2D eigenvalue weighted by atomic mass is 19.4. The van der Waals surface area contributed by atoms with Crippen LogP contribution in [-0.2, 0) is 14.3 Å². The van der Waals surface area contributed by atoms with E-state index in [-0.39, 0.29) is 29.9 Å². The van der Waals surface area contributed by atoms with Gasteiger partial charge in [-0.05, 0) is 85.9 Å². The number of hydrogen-bond donors (Lipinski definition) is 1.